The minimum absolute atomic E-state index is 0.176. The van der Waals surface area contributed by atoms with Gasteiger partial charge in [-0.3, -0.25) is 4.98 Å². The van der Waals surface area contributed by atoms with Gasteiger partial charge in [-0.1, -0.05) is 6.07 Å². The van der Waals surface area contributed by atoms with Crippen molar-refractivity contribution in [3.05, 3.63) is 40.3 Å². The lowest BCUT2D eigenvalue weighted by Crippen LogP contribution is -2.23. The molecule has 0 atom stereocenters. The summed E-state index contributed by atoms with van der Waals surface area (Å²) in [6.45, 7) is 2.07. The molecule has 5 nitrogen and oxygen atoms in total. The van der Waals surface area contributed by atoms with E-state index in [0.717, 1.165) is 10.4 Å². The van der Waals surface area contributed by atoms with Gasteiger partial charge in [0.2, 0.25) is 10.0 Å². The minimum Gasteiger partial charge on any atom is -0.398 e. The fourth-order valence-corrected chi connectivity index (χ4v) is 3.03. The molecule has 0 spiro atoms. The van der Waals surface area contributed by atoms with Gasteiger partial charge < -0.3 is 5.73 Å². The summed E-state index contributed by atoms with van der Waals surface area (Å²) in [4.78, 5) is 4.92. The van der Waals surface area contributed by atoms with Gasteiger partial charge in [0.15, 0.2) is 0 Å². The SMILES string of the molecule is Cc1ccc(S(=O)(=O)NCc2cncs2)cc1N. The maximum absolute atomic E-state index is 12.0. The van der Waals surface area contributed by atoms with Gasteiger partial charge in [-0.25, -0.2) is 13.1 Å². The largest absolute Gasteiger partial charge is 0.398 e. The summed E-state index contributed by atoms with van der Waals surface area (Å²) in [5.74, 6) is 0. The molecule has 96 valence electrons. The second-order valence-corrected chi connectivity index (χ2v) is 6.55. The fraction of sp³-hybridized carbons (Fsp3) is 0.182. The lowest BCUT2D eigenvalue weighted by molar-refractivity contribution is 0.582. The summed E-state index contributed by atoms with van der Waals surface area (Å²) in [7, 11) is -3.53. The highest BCUT2D eigenvalue weighted by molar-refractivity contribution is 7.89. The van der Waals surface area contributed by atoms with Gasteiger partial charge >= 0.3 is 0 Å². The average Bonchev–Trinajstić information content (AvgIpc) is 2.83. The number of aryl methyl sites for hydroxylation is 1. The molecule has 7 heteroatoms. The van der Waals surface area contributed by atoms with Crippen LogP contribution in [0.2, 0.25) is 0 Å². The molecule has 0 amide bonds. The van der Waals surface area contributed by atoms with Crippen LogP contribution in [0.25, 0.3) is 0 Å². The number of rotatable bonds is 4. The van der Waals surface area contributed by atoms with Gasteiger partial charge in [-0.05, 0) is 24.6 Å². The number of hydrogen-bond acceptors (Lipinski definition) is 5. The Labute approximate surface area is 110 Å². The van der Waals surface area contributed by atoms with Crippen molar-refractivity contribution in [1.82, 2.24) is 9.71 Å². The molecule has 0 aliphatic carbocycles. The third kappa shape index (κ3) is 2.87. The summed E-state index contributed by atoms with van der Waals surface area (Å²) in [5, 5.41) is 0. The van der Waals surface area contributed by atoms with Crippen LogP contribution in [0.1, 0.15) is 10.4 Å². The highest BCUT2D eigenvalue weighted by Crippen LogP contribution is 2.17. The van der Waals surface area contributed by atoms with Crippen LogP contribution in [0.5, 0.6) is 0 Å². The Morgan fingerprint density at radius 2 is 2.22 bits per heavy atom. The number of aromatic nitrogens is 1. The Morgan fingerprint density at radius 1 is 1.44 bits per heavy atom. The molecular weight excluding hydrogens is 270 g/mol. The molecule has 1 aromatic heterocycles. The lowest BCUT2D eigenvalue weighted by atomic mass is 10.2. The number of anilines is 1. The molecule has 3 N–H and O–H groups in total. The molecule has 18 heavy (non-hydrogen) atoms. The Bertz CT molecular complexity index is 636. The van der Waals surface area contributed by atoms with E-state index in [0.29, 0.717) is 5.69 Å². The van der Waals surface area contributed by atoms with Gasteiger partial charge in [-0.15, -0.1) is 11.3 Å². The maximum atomic E-state index is 12.0. The zero-order valence-electron chi connectivity index (χ0n) is 9.75. The van der Waals surface area contributed by atoms with Crippen LogP contribution >= 0.6 is 11.3 Å². The van der Waals surface area contributed by atoms with E-state index in [1.165, 1.54) is 17.4 Å². The Kier molecular flexibility index (Phi) is 3.65. The number of hydrogen-bond donors (Lipinski definition) is 2. The molecule has 0 fully saturated rings. The average molecular weight is 283 g/mol. The zero-order valence-corrected chi connectivity index (χ0v) is 11.4. The van der Waals surface area contributed by atoms with Crippen LogP contribution in [0.4, 0.5) is 5.69 Å². The predicted molar refractivity (Wildman–Crippen MR) is 71.7 cm³/mol. The van der Waals surface area contributed by atoms with Crippen molar-refractivity contribution in [3.63, 3.8) is 0 Å². The number of sulfonamides is 1. The summed E-state index contributed by atoms with van der Waals surface area (Å²) in [5.41, 5.74) is 8.69. The first-order chi connectivity index (χ1) is 8.49. The number of nitrogens with two attached hydrogens (primary N) is 1. The van der Waals surface area contributed by atoms with Crippen molar-refractivity contribution in [3.8, 4) is 0 Å². The molecule has 0 saturated carbocycles. The molecule has 1 heterocycles. The van der Waals surface area contributed by atoms with Gasteiger partial charge in [0.05, 0.1) is 10.4 Å². The van der Waals surface area contributed by atoms with Gasteiger partial charge in [0.25, 0.3) is 0 Å². The Balaban J connectivity index is 2.17. The summed E-state index contributed by atoms with van der Waals surface area (Å²) in [6.07, 6.45) is 1.64. The van der Waals surface area contributed by atoms with Gasteiger partial charge in [-0.2, -0.15) is 0 Å². The van der Waals surface area contributed by atoms with E-state index in [9.17, 15) is 8.42 Å². The van der Waals surface area contributed by atoms with Crippen LogP contribution in [0, 0.1) is 6.92 Å². The van der Waals surface area contributed by atoms with E-state index in [1.807, 2.05) is 6.92 Å². The monoisotopic (exact) mass is 283 g/mol. The maximum Gasteiger partial charge on any atom is 0.240 e. The van der Waals surface area contributed by atoms with Crippen molar-refractivity contribution >= 4 is 27.0 Å². The fourth-order valence-electron chi connectivity index (χ4n) is 1.36. The van der Waals surface area contributed by atoms with Crippen LogP contribution in [-0.2, 0) is 16.6 Å². The van der Waals surface area contributed by atoms with Crippen molar-refractivity contribution in [2.75, 3.05) is 5.73 Å². The molecule has 2 rings (SSSR count). The first-order valence-electron chi connectivity index (χ1n) is 5.22. The first-order valence-corrected chi connectivity index (χ1v) is 7.58. The molecule has 0 saturated heterocycles. The van der Waals surface area contributed by atoms with Gasteiger partial charge in [0, 0.05) is 23.3 Å². The normalized spacial score (nSPS) is 11.6. The Morgan fingerprint density at radius 3 is 2.83 bits per heavy atom. The quantitative estimate of drug-likeness (QED) is 0.833. The number of benzene rings is 1. The van der Waals surface area contributed by atoms with E-state index in [1.54, 1.807) is 23.8 Å². The smallest absolute Gasteiger partial charge is 0.240 e. The summed E-state index contributed by atoms with van der Waals surface area (Å²) < 4.78 is 26.5. The summed E-state index contributed by atoms with van der Waals surface area (Å²) in [6, 6.07) is 4.70. The predicted octanol–water partition coefficient (Wildman–Crippen LogP) is 1.51. The second kappa shape index (κ2) is 5.05. The van der Waals surface area contributed by atoms with Crippen molar-refractivity contribution in [1.29, 1.82) is 0 Å². The molecule has 0 aliphatic heterocycles. The van der Waals surface area contributed by atoms with Crippen LogP contribution in [0.3, 0.4) is 0 Å². The zero-order chi connectivity index (χ0) is 13.2. The van der Waals surface area contributed by atoms with E-state index in [-0.39, 0.29) is 11.4 Å². The number of nitrogen functional groups attached to an aromatic ring is 1. The highest BCUT2D eigenvalue weighted by atomic mass is 32.2. The molecule has 0 aliphatic rings. The number of nitrogens with one attached hydrogen (secondary N) is 1. The second-order valence-electron chi connectivity index (χ2n) is 3.81. The standard InChI is InChI=1S/C11H13N3O2S2/c1-8-2-3-10(4-11(8)12)18(15,16)14-6-9-5-13-7-17-9/h2-5,7,14H,6,12H2,1H3. The van der Waals surface area contributed by atoms with Crippen LogP contribution < -0.4 is 10.5 Å². The van der Waals surface area contributed by atoms with Crippen molar-refractivity contribution < 1.29 is 8.42 Å². The molecular formula is C11H13N3O2S2. The van der Waals surface area contributed by atoms with E-state index < -0.39 is 10.0 Å². The van der Waals surface area contributed by atoms with Crippen molar-refractivity contribution in [2.45, 2.75) is 18.4 Å². The number of nitrogens with zero attached hydrogens (tertiary/aromatic N) is 1. The Hall–Kier alpha value is -1.44. The minimum atomic E-state index is -3.53. The molecule has 0 unspecified atom stereocenters. The summed E-state index contributed by atoms with van der Waals surface area (Å²) >= 11 is 1.40. The molecule has 0 radical (unpaired) electrons. The van der Waals surface area contributed by atoms with Crippen LogP contribution in [-0.4, -0.2) is 13.4 Å². The topological polar surface area (TPSA) is 85.1 Å². The number of thiazole rings is 1. The molecule has 0 bridgehead atoms. The van der Waals surface area contributed by atoms with E-state index >= 15 is 0 Å². The van der Waals surface area contributed by atoms with Crippen LogP contribution in [0.15, 0.2) is 34.8 Å². The van der Waals surface area contributed by atoms with E-state index in [2.05, 4.69) is 9.71 Å². The first kappa shape index (κ1) is 13.0. The van der Waals surface area contributed by atoms with Crippen molar-refractivity contribution in [2.24, 2.45) is 0 Å². The third-order valence-electron chi connectivity index (χ3n) is 2.48. The van der Waals surface area contributed by atoms with Gasteiger partial charge in [0.1, 0.15) is 0 Å². The molecule has 2 aromatic rings. The lowest BCUT2D eigenvalue weighted by Gasteiger charge is -2.07. The van der Waals surface area contributed by atoms with E-state index in [4.69, 9.17) is 5.73 Å². The third-order valence-corrected chi connectivity index (χ3v) is 4.66. The molecule has 1 aromatic carbocycles. The highest BCUT2D eigenvalue weighted by Gasteiger charge is 2.14.